The average Bonchev–Trinajstić information content (AvgIpc) is 2.46. The van der Waals surface area contributed by atoms with Crippen LogP contribution in [-0.4, -0.2) is 49.0 Å². The first-order chi connectivity index (χ1) is 6.84. The lowest BCUT2D eigenvalue weighted by Gasteiger charge is -2.19. The maximum absolute atomic E-state index is 11.7. The fourth-order valence-corrected chi connectivity index (χ4v) is 2.05. The molecule has 0 unspecified atom stereocenters. The van der Waals surface area contributed by atoms with Crippen molar-refractivity contribution in [2.45, 2.75) is 19.3 Å². The Morgan fingerprint density at radius 3 is 2.93 bits per heavy atom. The van der Waals surface area contributed by atoms with Gasteiger partial charge in [-0.15, -0.1) is 12.4 Å². The minimum Gasteiger partial charge on any atom is -0.341 e. The van der Waals surface area contributed by atoms with Crippen molar-refractivity contribution in [2.24, 2.45) is 0 Å². The number of carbonyl (C=O) groups is 1. The maximum Gasteiger partial charge on any atom is 0.222 e. The van der Waals surface area contributed by atoms with Gasteiger partial charge >= 0.3 is 0 Å². The van der Waals surface area contributed by atoms with Gasteiger partial charge in [-0.1, -0.05) is 0 Å². The summed E-state index contributed by atoms with van der Waals surface area (Å²) in [6, 6.07) is 0. The predicted octanol–water partition coefficient (Wildman–Crippen LogP) is 1.37. The third-order valence-electron chi connectivity index (χ3n) is 2.43. The Labute approximate surface area is 103 Å². The molecule has 0 aromatic heterocycles. The van der Waals surface area contributed by atoms with Crippen molar-refractivity contribution in [1.82, 2.24) is 10.2 Å². The van der Waals surface area contributed by atoms with Gasteiger partial charge in [0.2, 0.25) is 5.91 Å². The van der Waals surface area contributed by atoms with Crippen LogP contribution in [0.15, 0.2) is 0 Å². The van der Waals surface area contributed by atoms with Gasteiger partial charge in [-0.05, 0) is 31.4 Å². The van der Waals surface area contributed by atoms with E-state index in [1.54, 1.807) is 0 Å². The summed E-state index contributed by atoms with van der Waals surface area (Å²) >= 11 is 1.81. The summed E-state index contributed by atoms with van der Waals surface area (Å²) in [5.41, 5.74) is 0. The summed E-state index contributed by atoms with van der Waals surface area (Å²) in [5, 5.41) is 3.30. The van der Waals surface area contributed by atoms with Crippen molar-refractivity contribution in [3.05, 3.63) is 0 Å². The van der Waals surface area contributed by atoms with Crippen LogP contribution in [0, 0.1) is 0 Å². The number of halogens is 1. The minimum atomic E-state index is 0. The lowest BCUT2D eigenvalue weighted by Crippen LogP contribution is -2.34. The van der Waals surface area contributed by atoms with Crippen LogP contribution in [0.25, 0.3) is 0 Å². The average molecular weight is 253 g/mol. The van der Waals surface area contributed by atoms with Gasteiger partial charge in [0.1, 0.15) is 0 Å². The minimum absolute atomic E-state index is 0. The van der Waals surface area contributed by atoms with Gasteiger partial charge < -0.3 is 10.2 Å². The smallest absolute Gasteiger partial charge is 0.222 e. The fraction of sp³-hybridized carbons (Fsp3) is 0.900. The molecule has 0 aromatic rings. The molecule has 1 saturated heterocycles. The number of hydrogen-bond donors (Lipinski definition) is 1. The van der Waals surface area contributed by atoms with E-state index in [0.717, 1.165) is 51.2 Å². The van der Waals surface area contributed by atoms with Gasteiger partial charge in [0.15, 0.2) is 0 Å². The lowest BCUT2D eigenvalue weighted by atomic mass is 10.3. The number of nitrogens with one attached hydrogen (secondary N) is 1. The number of amides is 1. The molecule has 1 aliphatic heterocycles. The molecule has 0 aromatic carbocycles. The van der Waals surface area contributed by atoms with Gasteiger partial charge in [-0.25, -0.2) is 0 Å². The Hall–Kier alpha value is 0.0700. The van der Waals surface area contributed by atoms with E-state index in [9.17, 15) is 4.79 Å². The highest BCUT2D eigenvalue weighted by atomic mass is 35.5. The molecule has 1 aliphatic rings. The Morgan fingerprint density at radius 2 is 2.20 bits per heavy atom. The standard InChI is InChI=1S/C10H20N2OS.ClH/c1-14-9-2-4-10(13)12-7-3-5-11-6-8-12;/h11H,2-9H2,1H3;1H. The second-order valence-corrected chi connectivity index (χ2v) is 4.57. The molecule has 0 aliphatic carbocycles. The van der Waals surface area contributed by atoms with Crippen molar-refractivity contribution < 1.29 is 4.79 Å². The highest BCUT2D eigenvalue weighted by Crippen LogP contribution is 2.04. The summed E-state index contributed by atoms with van der Waals surface area (Å²) in [5.74, 6) is 1.43. The summed E-state index contributed by atoms with van der Waals surface area (Å²) in [6.45, 7) is 3.83. The van der Waals surface area contributed by atoms with Crippen LogP contribution in [0.1, 0.15) is 19.3 Å². The molecule has 15 heavy (non-hydrogen) atoms. The molecule has 1 rings (SSSR count). The molecule has 90 valence electrons. The normalized spacial score (nSPS) is 16.7. The maximum atomic E-state index is 11.7. The van der Waals surface area contributed by atoms with Crippen molar-refractivity contribution in [2.75, 3.05) is 38.2 Å². The highest BCUT2D eigenvalue weighted by molar-refractivity contribution is 7.98. The molecule has 0 saturated carbocycles. The second-order valence-electron chi connectivity index (χ2n) is 3.58. The molecule has 1 amide bonds. The first-order valence-electron chi connectivity index (χ1n) is 5.32. The Bertz CT molecular complexity index is 173. The lowest BCUT2D eigenvalue weighted by molar-refractivity contribution is -0.131. The monoisotopic (exact) mass is 252 g/mol. The van der Waals surface area contributed by atoms with Crippen LogP contribution in [0.2, 0.25) is 0 Å². The third-order valence-corrected chi connectivity index (χ3v) is 3.13. The van der Waals surface area contributed by atoms with Crippen LogP contribution in [0.3, 0.4) is 0 Å². The van der Waals surface area contributed by atoms with E-state index < -0.39 is 0 Å². The van der Waals surface area contributed by atoms with Crippen LogP contribution in [0.5, 0.6) is 0 Å². The number of rotatable bonds is 4. The number of carbonyl (C=O) groups excluding carboxylic acids is 1. The molecule has 5 heteroatoms. The zero-order valence-electron chi connectivity index (χ0n) is 9.33. The first-order valence-corrected chi connectivity index (χ1v) is 6.71. The third kappa shape index (κ3) is 6.28. The molecular weight excluding hydrogens is 232 g/mol. The van der Waals surface area contributed by atoms with Crippen LogP contribution in [0.4, 0.5) is 0 Å². The summed E-state index contributed by atoms with van der Waals surface area (Å²) in [4.78, 5) is 13.7. The van der Waals surface area contributed by atoms with Crippen LogP contribution >= 0.6 is 24.2 Å². The van der Waals surface area contributed by atoms with Gasteiger partial charge in [0.05, 0.1) is 0 Å². The zero-order chi connectivity index (χ0) is 10.2. The van der Waals surface area contributed by atoms with Gasteiger partial charge in [-0.2, -0.15) is 11.8 Å². The fourth-order valence-electron chi connectivity index (χ4n) is 1.62. The molecule has 0 radical (unpaired) electrons. The van der Waals surface area contributed by atoms with E-state index >= 15 is 0 Å². The molecule has 1 N–H and O–H groups in total. The molecule has 0 atom stereocenters. The van der Waals surface area contributed by atoms with Crippen molar-refractivity contribution in [1.29, 1.82) is 0 Å². The topological polar surface area (TPSA) is 32.3 Å². The van der Waals surface area contributed by atoms with E-state index in [1.807, 2.05) is 16.7 Å². The van der Waals surface area contributed by atoms with Gasteiger partial charge in [0.25, 0.3) is 0 Å². The van der Waals surface area contributed by atoms with Crippen molar-refractivity contribution in [3.8, 4) is 0 Å². The largest absolute Gasteiger partial charge is 0.341 e. The van der Waals surface area contributed by atoms with E-state index in [1.165, 1.54) is 0 Å². The van der Waals surface area contributed by atoms with Crippen molar-refractivity contribution in [3.63, 3.8) is 0 Å². The second kappa shape index (κ2) is 9.31. The number of hydrogen-bond acceptors (Lipinski definition) is 3. The molecule has 3 nitrogen and oxygen atoms in total. The van der Waals surface area contributed by atoms with Crippen LogP contribution < -0.4 is 5.32 Å². The molecule has 1 heterocycles. The number of thioether (sulfide) groups is 1. The van der Waals surface area contributed by atoms with E-state index in [-0.39, 0.29) is 12.4 Å². The van der Waals surface area contributed by atoms with E-state index in [2.05, 4.69) is 11.6 Å². The van der Waals surface area contributed by atoms with Crippen LogP contribution in [-0.2, 0) is 4.79 Å². The summed E-state index contributed by atoms with van der Waals surface area (Å²) < 4.78 is 0. The Kier molecular flexibility index (Phi) is 9.35. The quantitative estimate of drug-likeness (QED) is 0.768. The van der Waals surface area contributed by atoms with Crippen molar-refractivity contribution >= 4 is 30.1 Å². The molecular formula is C10H21ClN2OS. The Morgan fingerprint density at radius 1 is 1.40 bits per heavy atom. The van der Waals surface area contributed by atoms with E-state index in [4.69, 9.17) is 0 Å². The molecule has 1 fully saturated rings. The number of nitrogens with zero attached hydrogens (tertiary/aromatic N) is 1. The first kappa shape index (κ1) is 15.1. The van der Waals surface area contributed by atoms with Gasteiger partial charge in [-0.3, -0.25) is 4.79 Å². The van der Waals surface area contributed by atoms with E-state index in [0.29, 0.717) is 5.91 Å². The highest BCUT2D eigenvalue weighted by Gasteiger charge is 2.13. The summed E-state index contributed by atoms with van der Waals surface area (Å²) in [7, 11) is 0. The zero-order valence-corrected chi connectivity index (χ0v) is 11.0. The molecule has 0 spiro atoms. The van der Waals surface area contributed by atoms with Gasteiger partial charge in [0, 0.05) is 26.1 Å². The molecule has 0 bridgehead atoms. The predicted molar refractivity (Wildman–Crippen MR) is 68.9 cm³/mol. The SMILES string of the molecule is CSCCCC(=O)N1CCCNCC1.Cl. The summed E-state index contributed by atoms with van der Waals surface area (Å²) in [6.07, 6.45) is 4.92. The Balaban J connectivity index is 0.00000196.